The van der Waals surface area contributed by atoms with Crippen molar-refractivity contribution in [3.05, 3.63) is 0 Å². The van der Waals surface area contributed by atoms with Gasteiger partial charge in [-0.3, -0.25) is 4.79 Å². The third-order valence-electron chi connectivity index (χ3n) is 2.35. The number of ether oxygens (including phenoxy) is 1. The van der Waals surface area contributed by atoms with E-state index in [0.717, 1.165) is 19.5 Å². The molecule has 1 heterocycles. The molecule has 1 saturated heterocycles. The monoisotopic (exact) mass is 328 g/mol. The molecule has 1 rings (SSSR count). The Morgan fingerprint density at radius 1 is 1.23 bits per heavy atom. The minimum atomic E-state index is -4.86. The van der Waals surface area contributed by atoms with Gasteiger partial charge in [0.1, 0.15) is 12.4 Å². The number of carbonyl (C=O) groups excluding carboxylic acids is 3. The first-order valence-electron chi connectivity index (χ1n) is 6.46. The van der Waals surface area contributed by atoms with Crippen LogP contribution in [0.1, 0.15) is 34.1 Å². The van der Waals surface area contributed by atoms with Crippen molar-refractivity contribution in [2.75, 3.05) is 13.1 Å². The van der Waals surface area contributed by atoms with Crippen LogP contribution in [0.5, 0.6) is 0 Å². The summed E-state index contributed by atoms with van der Waals surface area (Å²) in [6.45, 7) is 11.5. The van der Waals surface area contributed by atoms with Gasteiger partial charge in [-0.25, -0.2) is 4.79 Å². The topological polar surface area (TPSA) is 89.7 Å². The number of carbonyl (C=O) groups is 3. The summed E-state index contributed by atoms with van der Waals surface area (Å²) in [6.07, 6.45) is -3.93. The molecule has 2 N–H and O–H groups in total. The van der Waals surface area contributed by atoms with Gasteiger partial charge in [0.15, 0.2) is 0 Å². The highest BCUT2D eigenvalue weighted by Crippen LogP contribution is 2.18. The van der Waals surface area contributed by atoms with Gasteiger partial charge in [0.05, 0.1) is 0 Å². The first-order chi connectivity index (χ1) is 9.83. The first-order valence-corrected chi connectivity index (χ1v) is 6.46. The molecule has 1 aliphatic rings. The van der Waals surface area contributed by atoms with E-state index in [4.69, 9.17) is 14.3 Å². The molecule has 1 atom stereocenters. The van der Waals surface area contributed by atoms with Crippen LogP contribution in [-0.4, -0.2) is 48.6 Å². The van der Waals surface area contributed by atoms with Gasteiger partial charge in [-0.2, -0.15) is 13.2 Å². The van der Waals surface area contributed by atoms with Gasteiger partial charge >= 0.3 is 18.2 Å². The lowest BCUT2D eigenvalue weighted by atomic mass is 10.2. The second-order valence-corrected chi connectivity index (χ2v) is 5.68. The zero-order valence-electron chi connectivity index (χ0n) is 13.2. The summed E-state index contributed by atoms with van der Waals surface area (Å²) in [5.41, 5.74) is 3.43. The fourth-order valence-corrected chi connectivity index (χ4v) is 1.43. The van der Waals surface area contributed by atoms with Crippen molar-refractivity contribution in [1.82, 2.24) is 4.90 Å². The van der Waals surface area contributed by atoms with Crippen LogP contribution in [0, 0.1) is 5.92 Å². The molecule has 0 aromatic carbocycles. The normalized spacial score (nSPS) is 17.6. The Morgan fingerprint density at radius 3 is 1.86 bits per heavy atom. The number of nitrogens with zero attached hydrogens (tertiary/aromatic N) is 1. The maximum absolute atomic E-state index is 11.5. The van der Waals surface area contributed by atoms with E-state index in [0.29, 0.717) is 5.92 Å². The van der Waals surface area contributed by atoms with E-state index in [1.54, 1.807) is 4.90 Å². The van der Waals surface area contributed by atoms with E-state index >= 15 is 0 Å². The van der Waals surface area contributed by atoms with Crippen molar-refractivity contribution in [1.29, 1.82) is 0 Å². The number of hydrogen-bond acceptors (Lipinski definition) is 4. The van der Waals surface area contributed by atoms with Crippen molar-refractivity contribution in [3.63, 3.8) is 0 Å². The van der Waals surface area contributed by atoms with Gasteiger partial charge in [0, 0.05) is 13.1 Å². The summed E-state index contributed by atoms with van der Waals surface area (Å²) in [6, 6.07) is 0. The minimum absolute atomic E-state index is 0.170. The van der Waals surface area contributed by atoms with Gasteiger partial charge in [-0.15, -0.1) is 0 Å². The molecule has 0 aromatic rings. The maximum Gasteiger partial charge on any atom is 0.470 e. The Hall–Kier alpha value is -1.80. The average molecular weight is 328 g/mol. The average Bonchev–Trinajstić information content (AvgIpc) is 2.76. The zero-order chi connectivity index (χ0) is 18.1. The lowest BCUT2D eigenvalue weighted by molar-refractivity contribution is -0.169. The third kappa shape index (κ3) is 10.9. The van der Waals surface area contributed by atoms with E-state index in [-0.39, 0.29) is 11.7 Å². The van der Waals surface area contributed by atoms with Gasteiger partial charge < -0.3 is 20.2 Å². The molecule has 1 unspecified atom stereocenters. The van der Waals surface area contributed by atoms with Crippen LogP contribution in [0.3, 0.4) is 0 Å². The molecular formula is C13H23F3N2O4. The van der Waals surface area contributed by atoms with Crippen LogP contribution >= 0.6 is 0 Å². The van der Waals surface area contributed by atoms with Crippen LogP contribution in [0.25, 0.3) is 0 Å². The van der Waals surface area contributed by atoms with E-state index < -0.39 is 12.1 Å². The molecule has 6 nitrogen and oxygen atoms in total. The van der Waals surface area contributed by atoms with E-state index in [2.05, 4.69) is 12.7 Å². The second kappa shape index (κ2) is 9.26. The van der Waals surface area contributed by atoms with Crippen LogP contribution in [0.2, 0.25) is 0 Å². The first kappa shape index (κ1) is 22.5. The second-order valence-electron chi connectivity index (χ2n) is 5.68. The summed E-state index contributed by atoms with van der Waals surface area (Å²) < 4.78 is 37.4. The van der Waals surface area contributed by atoms with Crippen molar-refractivity contribution in [2.24, 2.45) is 11.7 Å². The summed E-state index contributed by atoms with van der Waals surface area (Å²) >= 11 is 0. The lowest BCUT2D eigenvalue weighted by Crippen LogP contribution is -2.35. The highest BCUT2D eigenvalue weighted by molar-refractivity contribution is 5.79. The predicted molar refractivity (Wildman–Crippen MR) is 74.0 cm³/mol. The number of hydrogen-bond donors (Lipinski definition) is 1. The van der Waals surface area contributed by atoms with Gasteiger partial charge in [0.2, 0.25) is 0 Å². The van der Waals surface area contributed by atoms with E-state index in [1.807, 2.05) is 27.6 Å². The Labute approximate surface area is 127 Å². The fourth-order valence-electron chi connectivity index (χ4n) is 1.43. The smallest absolute Gasteiger partial charge is 0.444 e. The molecule has 0 saturated carbocycles. The minimum Gasteiger partial charge on any atom is -0.444 e. The van der Waals surface area contributed by atoms with E-state index in [9.17, 15) is 18.0 Å². The number of likely N-dealkylation sites (tertiary alicyclic amines) is 1. The Balaban J connectivity index is 0. The number of amides is 2. The number of halogens is 3. The summed E-state index contributed by atoms with van der Waals surface area (Å²) in [7, 11) is 0. The number of nitrogens with two attached hydrogens (primary N) is 1. The lowest BCUT2D eigenvalue weighted by Gasteiger charge is -2.24. The molecule has 22 heavy (non-hydrogen) atoms. The quantitative estimate of drug-likeness (QED) is 0.737. The van der Waals surface area contributed by atoms with Crippen molar-refractivity contribution < 1.29 is 32.3 Å². The predicted octanol–water partition coefficient (Wildman–Crippen LogP) is 2.11. The number of primary amides is 1. The number of rotatable bonds is 0. The maximum atomic E-state index is 11.5. The fraction of sp³-hybridized carbons (Fsp3) is 0.769. The molecule has 0 aromatic heterocycles. The Morgan fingerprint density at radius 2 is 1.64 bits per heavy atom. The highest BCUT2D eigenvalue weighted by Gasteiger charge is 2.35. The third-order valence-corrected chi connectivity index (χ3v) is 2.35. The molecule has 1 aliphatic heterocycles. The van der Waals surface area contributed by atoms with Crippen molar-refractivity contribution in [3.8, 4) is 0 Å². The van der Waals surface area contributed by atoms with Gasteiger partial charge in [-0.1, -0.05) is 6.92 Å². The molecule has 1 fully saturated rings. The summed E-state index contributed by atoms with van der Waals surface area (Å²) in [4.78, 5) is 30.4. The number of alkyl halides is 3. The van der Waals surface area contributed by atoms with Crippen LogP contribution in [-0.2, 0) is 14.3 Å². The van der Waals surface area contributed by atoms with Crippen LogP contribution in [0.4, 0.5) is 18.0 Å². The Kier molecular flexibility index (Phi) is 9.47. The molecule has 130 valence electrons. The highest BCUT2D eigenvalue weighted by atomic mass is 19.4. The van der Waals surface area contributed by atoms with Crippen molar-refractivity contribution >= 4 is 18.8 Å². The molecule has 9 heteroatoms. The van der Waals surface area contributed by atoms with E-state index in [1.165, 1.54) is 0 Å². The Bertz CT molecular complexity index is 367. The molecular weight excluding hydrogens is 305 g/mol. The molecule has 0 aliphatic carbocycles. The summed E-state index contributed by atoms with van der Waals surface area (Å²) in [5.74, 6) is -1.64. The molecule has 2 amide bonds. The van der Waals surface area contributed by atoms with Crippen molar-refractivity contribution in [2.45, 2.75) is 45.9 Å². The zero-order valence-corrected chi connectivity index (χ0v) is 13.2. The molecule has 0 bridgehead atoms. The van der Waals surface area contributed by atoms with Crippen LogP contribution in [0.15, 0.2) is 0 Å². The SMILES string of the molecule is C=O.CC1CCN(C(=O)OC(C)(C)C)C1.NC(=O)C(F)(F)F. The van der Waals surface area contributed by atoms with Gasteiger partial charge in [0.25, 0.3) is 0 Å². The molecule has 0 spiro atoms. The summed E-state index contributed by atoms with van der Waals surface area (Å²) in [5, 5.41) is 0. The van der Waals surface area contributed by atoms with Gasteiger partial charge in [-0.05, 0) is 33.1 Å². The largest absolute Gasteiger partial charge is 0.470 e. The molecule has 0 radical (unpaired) electrons. The van der Waals surface area contributed by atoms with Crippen LogP contribution < -0.4 is 5.73 Å². The standard InChI is InChI=1S/C10H19NO2.C2H2F3NO.CH2O/c1-8-5-6-11(7-8)9(12)13-10(2,3)4;3-2(4,5)1(6)7;1-2/h8H,5-7H2,1-4H3;(H2,6,7);1H2.